The van der Waals surface area contributed by atoms with Crippen molar-refractivity contribution in [3.05, 3.63) is 76.7 Å². The van der Waals surface area contributed by atoms with E-state index < -0.39 is 0 Å². The molecule has 0 aliphatic heterocycles. The van der Waals surface area contributed by atoms with Crippen molar-refractivity contribution in [3.8, 4) is 11.4 Å². The number of aryl methyl sites for hydroxylation is 1. The van der Waals surface area contributed by atoms with E-state index in [1.165, 1.54) is 36.0 Å². The first-order valence-corrected chi connectivity index (χ1v) is 8.91. The summed E-state index contributed by atoms with van der Waals surface area (Å²) in [5.74, 6) is 0.383. The monoisotopic (exact) mass is 372 g/mol. The number of ketones is 1. The highest BCUT2D eigenvalue weighted by Crippen LogP contribution is 2.23. The minimum absolute atomic E-state index is 0.0747. The van der Waals surface area contributed by atoms with Crippen LogP contribution in [0.25, 0.3) is 11.4 Å². The van der Waals surface area contributed by atoms with E-state index in [0.717, 1.165) is 11.3 Å². The summed E-state index contributed by atoms with van der Waals surface area (Å²) in [6.07, 6.45) is 0. The molecule has 0 fully saturated rings. The number of halogens is 2. The van der Waals surface area contributed by atoms with Crippen LogP contribution in [0, 0.1) is 12.7 Å². The molecule has 0 amide bonds. The predicted octanol–water partition coefficient (Wildman–Crippen LogP) is 5.22. The molecule has 3 rings (SSSR count). The standard InChI is InChI=1S/C19H14ClFN2OS/c1-12-10-18(23-19(22-12)14-2-6-15(20)7-3-14)25-11-17(24)13-4-8-16(21)9-5-13/h2-10H,11H2,1H3. The third kappa shape index (κ3) is 4.65. The van der Waals surface area contributed by atoms with E-state index in [1.807, 2.05) is 25.1 Å². The molecule has 1 aromatic heterocycles. The van der Waals surface area contributed by atoms with Crippen molar-refractivity contribution >= 4 is 29.1 Å². The topological polar surface area (TPSA) is 42.9 Å². The number of carbonyl (C=O) groups excluding carboxylic acids is 1. The number of hydrogen-bond donors (Lipinski definition) is 0. The molecule has 0 atom stereocenters. The molecular formula is C19H14ClFN2OS. The predicted molar refractivity (Wildman–Crippen MR) is 98.7 cm³/mol. The van der Waals surface area contributed by atoms with Crippen molar-refractivity contribution in [3.63, 3.8) is 0 Å². The quantitative estimate of drug-likeness (QED) is 0.350. The van der Waals surface area contributed by atoms with E-state index in [0.29, 0.717) is 21.4 Å². The van der Waals surface area contributed by atoms with Crippen LogP contribution in [0.15, 0.2) is 59.6 Å². The molecule has 1 heterocycles. The van der Waals surface area contributed by atoms with Gasteiger partial charge in [0.1, 0.15) is 10.8 Å². The maximum Gasteiger partial charge on any atom is 0.173 e. The molecule has 0 spiro atoms. The molecule has 126 valence electrons. The third-order valence-electron chi connectivity index (χ3n) is 3.45. The van der Waals surface area contributed by atoms with Gasteiger partial charge in [0.15, 0.2) is 11.6 Å². The second kappa shape index (κ2) is 7.76. The summed E-state index contributed by atoms with van der Waals surface area (Å²) in [6.45, 7) is 1.88. The van der Waals surface area contributed by atoms with E-state index in [1.54, 1.807) is 12.1 Å². The number of thioether (sulfide) groups is 1. The first kappa shape index (κ1) is 17.6. The molecule has 0 N–H and O–H groups in total. The van der Waals surface area contributed by atoms with Crippen LogP contribution in [0.5, 0.6) is 0 Å². The van der Waals surface area contributed by atoms with Crippen molar-refractivity contribution in [1.29, 1.82) is 0 Å². The Balaban J connectivity index is 1.75. The molecule has 2 aromatic carbocycles. The second-order valence-corrected chi connectivity index (χ2v) is 6.83. The van der Waals surface area contributed by atoms with Crippen molar-refractivity contribution < 1.29 is 9.18 Å². The summed E-state index contributed by atoms with van der Waals surface area (Å²) in [5.41, 5.74) is 2.16. The lowest BCUT2D eigenvalue weighted by Gasteiger charge is -2.06. The lowest BCUT2D eigenvalue weighted by molar-refractivity contribution is 0.102. The Labute approximate surface area is 154 Å². The van der Waals surface area contributed by atoms with Gasteiger partial charge in [-0.15, -0.1) is 0 Å². The lowest BCUT2D eigenvalue weighted by atomic mass is 10.1. The van der Waals surface area contributed by atoms with Crippen LogP contribution in [-0.4, -0.2) is 21.5 Å². The Kier molecular flexibility index (Phi) is 5.46. The van der Waals surface area contributed by atoms with Crippen molar-refractivity contribution in [2.24, 2.45) is 0 Å². The lowest BCUT2D eigenvalue weighted by Crippen LogP contribution is -2.03. The average Bonchev–Trinajstić information content (AvgIpc) is 2.60. The molecular weight excluding hydrogens is 359 g/mol. The van der Waals surface area contributed by atoms with E-state index in [2.05, 4.69) is 9.97 Å². The van der Waals surface area contributed by atoms with Gasteiger partial charge in [-0.1, -0.05) is 23.4 Å². The Bertz CT molecular complexity index is 898. The molecule has 0 aliphatic rings. The van der Waals surface area contributed by atoms with Crippen LogP contribution in [0.4, 0.5) is 4.39 Å². The van der Waals surface area contributed by atoms with Gasteiger partial charge in [0.25, 0.3) is 0 Å². The van der Waals surface area contributed by atoms with E-state index in [4.69, 9.17) is 11.6 Å². The number of rotatable bonds is 5. The van der Waals surface area contributed by atoms with Crippen LogP contribution in [-0.2, 0) is 0 Å². The molecule has 3 nitrogen and oxygen atoms in total. The largest absolute Gasteiger partial charge is 0.293 e. The molecule has 0 saturated carbocycles. The fraction of sp³-hybridized carbons (Fsp3) is 0.105. The Morgan fingerprint density at radius 1 is 1.08 bits per heavy atom. The van der Waals surface area contributed by atoms with Crippen molar-refractivity contribution in [1.82, 2.24) is 9.97 Å². The molecule has 6 heteroatoms. The number of carbonyl (C=O) groups is 1. The fourth-order valence-corrected chi connectivity index (χ4v) is 3.18. The van der Waals surface area contributed by atoms with E-state index in [9.17, 15) is 9.18 Å². The number of nitrogens with zero attached hydrogens (tertiary/aromatic N) is 2. The Morgan fingerprint density at radius 2 is 1.76 bits per heavy atom. The molecule has 0 aliphatic carbocycles. The number of hydrogen-bond acceptors (Lipinski definition) is 4. The average molecular weight is 373 g/mol. The van der Waals surface area contributed by atoms with Gasteiger partial charge < -0.3 is 0 Å². The number of Topliss-reactive ketones (excluding diaryl/α,β-unsaturated/α-hetero) is 1. The van der Waals surface area contributed by atoms with Crippen LogP contribution < -0.4 is 0 Å². The van der Waals surface area contributed by atoms with Crippen LogP contribution in [0.2, 0.25) is 5.02 Å². The highest BCUT2D eigenvalue weighted by atomic mass is 35.5. The summed E-state index contributed by atoms with van der Waals surface area (Å²) in [7, 11) is 0. The van der Waals surface area contributed by atoms with Crippen LogP contribution in [0.1, 0.15) is 16.1 Å². The first-order valence-electron chi connectivity index (χ1n) is 7.54. The fourth-order valence-electron chi connectivity index (χ4n) is 2.20. The Hall–Kier alpha value is -2.24. The van der Waals surface area contributed by atoms with E-state index >= 15 is 0 Å². The summed E-state index contributed by atoms with van der Waals surface area (Å²) < 4.78 is 12.9. The normalized spacial score (nSPS) is 10.7. The molecule has 0 bridgehead atoms. The molecule has 0 saturated heterocycles. The summed E-state index contributed by atoms with van der Waals surface area (Å²) in [4.78, 5) is 21.1. The maximum absolute atomic E-state index is 12.9. The van der Waals surface area contributed by atoms with Gasteiger partial charge in [0, 0.05) is 21.8 Å². The summed E-state index contributed by atoms with van der Waals surface area (Å²) in [6, 6.07) is 14.7. The van der Waals surface area contributed by atoms with E-state index in [-0.39, 0.29) is 17.4 Å². The molecule has 0 unspecified atom stereocenters. The van der Waals surface area contributed by atoms with Crippen molar-refractivity contribution in [2.45, 2.75) is 11.9 Å². The molecule has 25 heavy (non-hydrogen) atoms. The van der Waals surface area contributed by atoms with Gasteiger partial charge in [-0.05, 0) is 61.5 Å². The minimum Gasteiger partial charge on any atom is -0.293 e. The van der Waals surface area contributed by atoms with Gasteiger partial charge in [-0.3, -0.25) is 4.79 Å². The number of benzene rings is 2. The van der Waals surface area contributed by atoms with Gasteiger partial charge in [0.05, 0.1) is 5.75 Å². The smallest absolute Gasteiger partial charge is 0.173 e. The zero-order valence-electron chi connectivity index (χ0n) is 13.4. The minimum atomic E-state index is -0.358. The highest BCUT2D eigenvalue weighted by Gasteiger charge is 2.10. The molecule has 3 aromatic rings. The first-order chi connectivity index (χ1) is 12.0. The summed E-state index contributed by atoms with van der Waals surface area (Å²) >= 11 is 7.24. The molecule has 0 radical (unpaired) electrons. The van der Waals surface area contributed by atoms with Crippen molar-refractivity contribution in [2.75, 3.05) is 5.75 Å². The summed E-state index contributed by atoms with van der Waals surface area (Å²) in [5, 5.41) is 1.36. The maximum atomic E-state index is 12.9. The zero-order valence-corrected chi connectivity index (χ0v) is 14.9. The highest BCUT2D eigenvalue weighted by molar-refractivity contribution is 7.99. The van der Waals surface area contributed by atoms with Crippen LogP contribution >= 0.6 is 23.4 Å². The SMILES string of the molecule is Cc1cc(SCC(=O)c2ccc(F)cc2)nc(-c2ccc(Cl)cc2)n1. The second-order valence-electron chi connectivity index (χ2n) is 5.40. The Morgan fingerprint density at radius 3 is 2.44 bits per heavy atom. The van der Waals surface area contributed by atoms with Gasteiger partial charge >= 0.3 is 0 Å². The van der Waals surface area contributed by atoms with Gasteiger partial charge in [-0.2, -0.15) is 0 Å². The third-order valence-corrected chi connectivity index (χ3v) is 4.61. The van der Waals surface area contributed by atoms with Gasteiger partial charge in [-0.25, -0.2) is 14.4 Å². The zero-order chi connectivity index (χ0) is 17.8. The van der Waals surface area contributed by atoms with Crippen LogP contribution in [0.3, 0.4) is 0 Å². The van der Waals surface area contributed by atoms with Gasteiger partial charge in [0.2, 0.25) is 0 Å². The number of aromatic nitrogens is 2.